The third kappa shape index (κ3) is 8.11. The first kappa shape index (κ1) is 17.3. The van der Waals surface area contributed by atoms with Gasteiger partial charge in [0.25, 0.3) is 0 Å². The molecule has 2 amide bonds. The Labute approximate surface area is 111 Å². The molecule has 0 saturated heterocycles. The lowest BCUT2D eigenvalue weighted by Crippen LogP contribution is -2.46. The Balaban J connectivity index is 4.00. The minimum Gasteiger partial charge on any atom is -0.481 e. The van der Waals surface area contributed by atoms with E-state index in [-0.39, 0.29) is 12.5 Å². The normalized spacial score (nSPS) is 11.7. The molecule has 19 heavy (non-hydrogen) atoms. The number of carbonyl (C=O) groups excluding carboxylic acids is 2. The maximum Gasteiger partial charge on any atom is 0.305 e. The summed E-state index contributed by atoms with van der Waals surface area (Å²) < 4.78 is 4.82. The number of nitrogens with two attached hydrogens (primary N) is 1. The van der Waals surface area contributed by atoms with Gasteiger partial charge in [-0.3, -0.25) is 14.4 Å². The summed E-state index contributed by atoms with van der Waals surface area (Å²) in [5.41, 5.74) is 5.41. The molecule has 1 atom stereocenters. The van der Waals surface area contributed by atoms with Crippen molar-refractivity contribution in [2.24, 2.45) is 5.73 Å². The lowest BCUT2D eigenvalue weighted by Gasteiger charge is -2.19. The zero-order valence-corrected chi connectivity index (χ0v) is 11.2. The molecule has 1 unspecified atom stereocenters. The van der Waals surface area contributed by atoms with E-state index in [0.717, 1.165) is 4.90 Å². The number of hydrogen-bond acceptors (Lipinski definition) is 5. The summed E-state index contributed by atoms with van der Waals surface area (Å²) in [5, 5.41) is 11.1. The molecule has 0 radical (unpaired) electrons. The van der Waals surface area contributed by atoms with Crippen LogP contribution >= 0.6 is 0 Å². The minimum absolute atomic E-state index is 0.154. The number of rotatable bonds is 9. The van der Waals surface area contributed by atoms with Gasteiger partial charge in [-0.25, -0.2) is 0 Å². The van der Waals surface area contributed by atoms with Crippen LogP contribution in [0.1, 0.15) is 12.8 Å². The van der Waals surface area contributed by atoms with Gasteiger partial charge in [0.15, 0.2) is 0 Å². The van der Waals surface area contributed by atoms with Crippen LogP contribution < -0.4 is 11.1 Å². The third-order valence-corrected chi connectivity index (χ3v) is 2.32. The highest BCUT2D eigenvalue weighted by Gasteiger charge is 2.21. The largest absolute Gasteiger partial charge is 0.481 e. The molecule has 0 bridgehead atoms. The van der Waals surface area contributed by atoms with Crippen LogP contribution in [0.2, 0.25) is 0 Å². The molecule has 0 aliphatic carbocycles. The summed E-state index contributed by atoms with van der Waals surface area (Å²) in [7, 11) is 2.97. The molecule has 0 aromatic heterocycles. The molecule has 8 nitrogen and oxygen atoms in total. The van der Waals surface area contributed by atoms with Gasteiger partial charge in [-0.15, -0.1) is 0 Å². The Morgan fingerprint density at radius 2 is 2.05 bits per heavy atom. The molecule has 0 heterocycles. The Kier molecular flexibility index (Phi) is 8.47. The number of nitrogens with one attached hydrogen (secondary N) is 1. The lowest BCUT2D eigenvalue weighted by molar-refractivity contribution is -0.142. The summed E-state index contributed by atoms with van der Waals surface area (Å²) in [4.78, 5) is 34.6. The summed E-state index contributed by atoms with van der Waals surface area (Å²) >= 11 is 0. The van der Waals surface area contributed by atoms with Crippen molar-refractivity contribution in [1.29, 1.82) is 0 Å². The minimum atomic E-state index is -1.15. The van der Waals surface area contributed by atoms with E-state index in [1.807, 2.05) is 0 Å². The fraction of sp³-hybridized carbons (Fsp3) is 0.727. The van der Waals surface area contributed by atoms with Gasteiger partial charge >= 0.3 is 5.97 Å². The number of carboxylic acids is 1. The fourth-order valence-electron chi connectivity index (χ4n) is 1.35. The molecular formula is C11H21N3O5. The Bertz CT molecular complexity index is 321. The zero-order chi connectivity index (χ0) is 14.8. The first-order valence-corrected chi connectivity index (χ1v) is 5.86. The van der Waals surface area contributed by atoms with Gasteiger partial charge < -0.3 is 25.8 Å². The van der Waals surface area contributed by atoms with Crippen LogP contribution in [0, 0.1) is 0 Å². The summed E-state index contributed by atoms with van der Waals surface area (Å²) in [5.74, 6) is -2.05. The van der Waals surface area contributed by atoms with Crippen molar-refractivity contribution in [2.75, 3.05) is 33.9 Å². The van der Waals surface area contributed by atoms with Crippen molar-refractivity contribution in [2.45, 2.75) is 18.9 Å². The van der Waals surface area contributed by atoms with Gasteiger partial charge in [0.1, 0.15) is 0 Å². The van der Waals surface area contributed by atoms with E-state index in [9.17, 15) is 14.4 Å². The number of likely N-dealkylation sites (N-methyl/N-ethyl adjacent to an activating group) is 1. The highest BCUT2D eigenvalue weighted by molar-refractivity contribution is 5.89. The summed E-state index contributed by atoms with van der Waals surface area (Å²) in [6.45, 7) is 0.841. The van der Waals surface area contributed by atoms with E-state index in [1.165, 1.54) is 7.05 Å². The number of carbonyl (C=O) groups is 3. The van der Waals surface area contributed by atoms with Gasteiger partial charge in [-0.2, -0.15) is 0 Å². The van der Waals surface area contributed by atoms with Crippen LogP contribution in [-0.4, -0.2) is 67.7 Å². The highest BCUT2D eigenvalue weighted by Crippen LogP contribution is 1.95. The zero-order valence-electron chi connectivity index (χ0n) is 11.2. The van der Waals surface area contributed by atoms with Gasteiger partial charge in [-0.1, -0.05) is 0 Å². The molecule has 0 aliphatic heterocycles. The van der Waals surface area contributed by atoms with Crippen LogP contribution in [0.5, 0.6) is 0 Å². The van der Waals surface area contributed by atoms with Crippen molar-refractivity contribution in [3.8, 4) is 0 Å². The number of carboxylic acid groups (broad SMARTS) is 1. The average molecular weight is 275 g/mol. The molecule has 8 heteroatoms. The number of nitrogens with zero attached hydrogens (tertiary/aromatic N) is 1. The second kappa shape index (κ2) is 9.29. The topological polar surface area (TPSA) is 122 Å². The van der Waals surface area contributed by atoms with Crippen LogP contribution in [-0.2, 0) is 19.1 Å². The smallest absolute Gasteiger partial charge is 0.305 e. The van der Waals surface area contributed by atoms with Crippen molar-refractivity contribution in [1.82, 2.24) is 10.2 Å². The van der Waals surface area contributed by atoms with E-state index in [0.29, 0.717) is 19.6 Å². The first-order chi connectivity index (χ1) is 8.88. The second-order valence-electron chi connectivity index (χ2n) is 4.09. The molecular weight excluding hydrogens is 254 g/mol. The Morgan fingerprint density at radius 3 is 2.58 bits per heavy atom. The van der Waals surface area contributed by atoms with Gasteiger partial charge in [0, 0.05) is 27.3 Å². The number of amides is 2. The highest BCUT2D eigenvalue weighted by atomic mass is 16.5. The lowest BCUT2D eigenvalue weighted by atomic mass is 10.2. The van der Waals surface area contributed by atoms with Crippen LogP contribution in [0.3, 0.4) is 0 Å². The van der Waals surface area contributed by atoms with Crippen molar-refractivity contribution >= 4 is 17.8 Å². The molecule has 0 aromatic rings. The quantitative estimate of drug-likeness (QED) is 0.436. The Morgan fingerprint density at radius 1 is 1.42 bits per heavy atom. The monoisotopic (exact) mass is 275 g/mol. The average Bonchev–Trinajstić information content (AvgIpc) is 2.32. The molecule has 0 aromatic carbocycles. The molecule has 110 valence electrons. The summed E-state index contributed by atoms with van der Waals surface area (Å²) in [6.07, 6.45) is 0.219. The van der Waals surface area contributed by atoms with Crippen molar-refractivity contribution in [3.05, 3.63) is 0 Å². The summed E-state index contributed by atoms with van der Waals surface area (Å²) in [6, 6.07) is -1.14. The number of aliphatic carboxylic acids is 1. The van der Waals surface area contributed by atoms with E-state index < -0.39 is 24.3 Å². The van der Waals surface area contributed by atoms with E-state index in [2.05, 4.69) is 5.32 Å². The van der Waals surface area contributed by atoms with Crippen LogP contribution in [0.4, 0.5) is 0 Å². The molecule has 0 saturated carbocycles. The van der Waals surface area contributed by atoms with E-state index in [1.54, 1.807) is 7.11 Å². The van der Waals surface area contributed by atoms with Crippen molar-refractivity contribution in [3.63, 3.8) is 0 Å². The van der Waals surface area contributed by atoms with Gasteiger partial charge in [-0.05, 0) is 6.42 Å². The molecule has 0 fully saturated rings. The predicted molar refractivity (Wildman–Crippen MR) is 67.4 cm³/mol. The van der Waals surface area contributed by atoms with Gasteiger partial charge in [0.2, 0.25) is 11.8 Å². The Hall–Kier alpha value is -1.67. The first-order valence-electron chi connectivity index (χ1n) is 5.86. The maximum absolute atomic E-state index is 11.6. The maximum atomic E-state index is 11.6. The van der Waals surface area contributed by atoms with E-state index >= 15 is 0 Å². The van der Waals surface area contributed by atoms with Crippen molar-refractivity contribution < 1.29 is 24.2 Å². The number of ether oxygens (including phenoxy) is 1. The fourth-order valence-corrected chi connectivity index (χ4v) is 1.35. The number of methoxy groups -OCH3 is 1. The predicted octanol–water partition coefficient (Wildman–Crippen LogP) is -1.60. The standard InChI is InChI=1S/C11H21N3O5/c1-14(11(18)8(12)6-10(16)17)7-9(15)13-4-3-5-19-2/h8H,3-7,12H2,1-2H3,(H,13,15)(H,16,17). The molecule has 0 rings (SSSR count). The van der Waals surface area contributed by atoms with Crippen LogP contribution in [0.25, 0.3) is 0 Å². The second-order valence-corrected chi connectivity index (χ2v) is 4.09. The molecule has 0 spiro atoms. The molecule has 4 N–H and O–H groups in total. The van der Waals surface area contributed by atoms with Gasteiger partial charge in [0.05, 0.1) is 19.0 Å². The van der Waals surface area contributed by atoms with E-state index in [4.69, 9.17) is 15.6 Å². The molecule has 0 aliphatic rings. The van der Waals surface area contributed by atoms with Crippen LogP contribution in [0.15, 0.2) is 0 Å². The number of hydrogen-bond donors (Lipinski definition) is 3. The third-order valence-electron chi connectivity index (χ3n) is 2.32. The SMILES string of the molecule is COCCCNC(=O)CN(C)C(=O)C(N)CC(=O)O.